The fraction of sp³-hybridized carbons (Fsp3) is 0.368. The normalized spacial score (nSPS) is 15.9. The maximum absolute atomic E-state index is 12.8. The number of likely N-dealkylation sites (tertiary alicyclic amines) is 1. The van der Waals surface area contributed by atoms with Gasteiger partial charge in [0.1, 0.15) is 11.4 Å². The van der Waals surface area contributed by atoms with Crippen LogP contribution in [0.2, 0.25) is 0 Å². The number of hydrogen-bond acceptors (Lipinski definition) is 6. The van der Waals surface area contributed by atoms with E-state index in [1.165, 1.54) is 10.9 Å². The second kappa shape index (κ2) is 8.24. The molecule has 0 atom stereocenters. The zero-order valence-electron chi connectivity index (χ0n) is 15.5. The minimum absolute atomic E-state index is 0.0720. The van der Waals surface area contributed by atoms with Gasteiger partial charge in [-0.05, 0) is 37.5 Å². The van der Waals surface area contributed by atoms with Crippen molar-refractivity contribution in [2.24, 2.45) is 0 Å². The van der Waals surface area contributed by atoms with Crippen LogP contribution < -0.4 is 10.9 Å². The van der Waals surface area contributed by atoms with Gasteiger partial charge in [-0.3, -0.25) is 14.2 Å². The first kappa shape index (κ1) is 20.2. The van der Waals surface area contributed by atoms with Gasteiger partial charge in [-0.1, -0.05) is 22.0 Å². The van der Waals surface area contributed by atoms with E-state index in [9.17, 15) is 14.7 Å². The summed E-state index contributed by atoms with van der Waals surface area (Å²) in [5, 5.41) is 21.6. The van der Waals surface area contributed by atoms with Crippen molar-refractivity contribution in [1.29, 1.82) is 5.41 Å². The van der Waals surface area contributed by atoms with Crippen molar-refractivity contribution in [3.8, 4) is 0 Å². The molecule has 1 aromatic carbocycles. The van der Waals surface area contributed by atoms with E-state index in [4.69, 9.17) is 5.41 Å². The zero-order valence-corrected chi connectivity index (χ0v) is 17.1. The number of nitrogens with zero attached hydrogens (tertiary/aromatic N) is 3. The molecule has 148 valence electrons. The predicted octanol–water partition coefficient (Wildman–Crippen LogP) is 2.04. The van der Waals surface area contributed by atoms with Crippen molar-refractivity contribution >= 4 is 40.1 Å². The van der Waals surface area contributed by atoms with Gasteiger partial charge in [0, 0.05) is 29.5 Å². The number of aryl methyl sites for hydroxylation is 1. The van der Waals surface area contributed by atoms with Crippen LogP contribution in [0.15, 0.2) is 33.8 Å². The van der Waals surface area contributed by atoms with Crippen molar-refractivity contribution in [1.82, 2.24) is 14.5 Å². The molecule has 0 bridgehead atoms. The summed E-state index contributed by atoms with van der Waals surface area (Å²) in [5.74, 6) is 0.292. The third kappa shape index (κ3) is 4.31. The first-order valence-corrected chi connectivity index (χ1v) is 9.69. The van der Waals surface area contributed by atoms with E-state index in [2.05, 4.69) is 26.2 Å². The molecular weight excluding hydrogens is 426 g/mol. The van der Waals surface area contributed by atoms with Crippen LogP contribution in [0.4, 0.5) is 11.5 Å². The van der Waals surface area contributed by atoms with Gasteiger partial charge in [-0.25, -0.2) is 4.98 Å². The lowest BCUT2D eigenvalue weighted by Crippen LogP contribution is -2.48. The number of benzene rings is 1. The summed E-state index contributed by atoms with van der Waals surface area (Å²) in [6.45, 7) is 2.90. The Labute approximate surface area is 170 Å². The molecule has 1 amide bonds. The zero-order chi connectivity index (χ0) is 20.3. The van der Waals surface area contributed by atoms with Gasteiger partial charge in [0.2, 0.25) is 6.41 Å². The number of hydrogen-bond donors (Lipinski definition) is 3. The molecule has 3 rings (SSSR count). The molecule has 9 heteroatoms. The molecule has 1 aliphatic heterocycles. The van der Waals surface area contributed by atoms with Crippen LogP contribution in [0, 0.1) is 12.3 Å². The molecule has 0 aliphatic carbocycles. The highest BCUT2D eigenvalue weighted by Crippen LogP contribution is 2.25. The highest BCUT2D eigenvalue weighted by atomic mass is 79.9. The van der Waals surface area contributed by atoms with Crippen LogP contribution in [0.5, 0.6) is 0 Å². The molecule has 2 aromatic rings. The Morgan fingerprint density at radius 2 is 2.11 bits per heavy atom. The number of anilines is 2. The lowest BCUT2D eigenvalue weighted by atomic mass is 9.91. The molecule has 1 saturated heterocycles. The Bertz CT molecular complexity index is 951. The molecular formula is C19H22BrN5O3. The highest BCUT2D eigenvalue weighted by molar-refractivity contribution is 9.10. The number of aliphatic hydroxyl groups is 1. The monoisotopic (exact) mass is 447 g/mol. The third-order valence-electron chi connectivity index (χ3n) is 5.01. The van der Waals surface area contributed by atoms with Gasteiger partial charge in [0.05, 0.1) is 18.5 Å². The standard InChI is InChI=1S/C19H22BrN5O3/c1-13-2-3-14(20)8-16(13)23-17-15(9-21)18(27)25(11-22-17)10-19(28)4-6-24(12-26)7-5-19/h2-3,8-9,11-12,21,23,28H,4-7,10H2,1H3. The summed E-state index contributed by atoms with van der Waals surface area (Å²) in [7, 11) is 0. The molecule has 0 unspecified atom stereocenters. The SMILES string of the molecule is Cc1ccc(Br)cc1Nc1ncn(CC2(O)CCN(C=O)CC2)c(=O)c1C=N. The second-order valence-corrected chi connectivity index (χ2v) is 7.95. The largest absolute Gasteiger partial charge is 0.388 e. The van der Waals surface area contributed by atoms with Gasteiger partial charge >= 0.3 is 0 Å². The minimum Gasteiger partial charge on any atom is -0.388 e. The van der Waals surface area contributed by atoms with E-state index in [0.29, 0.717) is 31.7 Å². The topological polar surface area (TPSA) is 111 Å². The van der Waals surface area contributed by atoms with E-state index in [0.717, 1.165) is 28.3 Å². The lowest BCUT2D eigenvalue weighted by Gasteiger charge is -2.36. The fourth-order valence-corrected chi connectivity index (χ4v) is 3.59. The van der Waals surface area contributed by atoms with Gasteiger partial charge in [0.15, 0.2) is 0 Å². The maximum atomic E-state index is 12.8. The molecule has 0 saturated carbocycles. The molecule has 1 aliphatic rings. The number of aromatic nitrogens is 2. The Morgan fingerprint density at radius 1 is 1.39 bits per heavy atom. The molecule has 3 N–H and O–H groups in total. The minimum atomic E-state index is -1.08. The number of nitrogens with one attached hydrogen (secondary N) is 2. The quantitative estimate of drug-likeness (QED) is 0.463. The molecule has 2 heterocycles. The number of amides is 1. The second-order valence-electron chi connectivity index (χ2n) is 7.03. The van der Waals surface area contributed by atoms with Crippen molar-refractivity contribution in [3.63, 3.8) is 0 Å². The van der Waals surface area contributed by atoms with Crippen LogP contribution in [-0.4, -0.2) is 50.9 Å². The third-order valence-corrected chi connectivity index (χ3v) is 5.51. The fourth-order valence-electron chi connectivity index (χ4n) is 3.23. The van der Waals surface area contributed by atoms with Gasteiger partial charge < -0.3 is 20.7 Å². The Kier molecular flexibility index (Phi) is 5.95. The van der Waals surface area contributed by atoms with Crippen LogP contribution >= 0.6 is 15.9 Å². The number of halogens is 1. The van der Waals surface area contributed by atoms with Crippen molar-refractivity contribution < 1.29 is 9.90 Å². The molecule has 28 heavy (non-hydrogen) atoms. The Hall–Kier alpha value is -2.52. The number of piperidine rings is 1. The van der Waals surface area contributed by atoms with Gasteiger partial charge in [-0.2, -0.15) is 0 Å². The van der Waals surface area contributed by atoms with E-state index >= 15 is 0 Å². The summed E-state index contributed by atoms with van der Waals surface area (Å²) in [4.78, 5) is 29.6. The molecule has 0 radical (unpaired) electrons. The van der Waals surface area contributed by atoms with Crippen molar-refractivity contribution in [3.05, 3.63) is 50.5 Å². The van der Waals surface area contributed by atoms with E-state index in [1.54, 1.807) is 4.90 Å². The summed E-state index contributed by atoms with van der Waals surface area (Å²) in [5.41, 5.74) is 0.394. The number of carbonyl (C=O) groups is 1. The predicted molar refractivity (Wildman–Crippen MR) is 110 cm³/mol. The van der Waals surface area contributed by atoms with E-state index < -0.39 is 11.2 Å². The summed E-state index contributed by atoms with van der Waals surface area (Å²) in [6, 6.07) is 5.72. The molecule has 1 aromatic heterocycles. The van der Waals surface area contributed by atoms with Crippen molar-refractivity contribution in [2.75, 3.05) is 18.4 Å². The number of carbonyl (C=O) groups excluding carboxylic acids is 1. The lowest BCUT2D eigenvalue weighted by molar-refractivity contribution is -0.122. The van der Waals surface area contributed by atoms with Gasteiger partial charge in [0.25, 0.3) is 5.56 Å². The van der Waals surface area contributed by atoms with E-state index in [1.807, 2.05) is 25.1 Å². The van der Waals surface area contributed by atoms with Crippen LogP contribution in [-0.2, 0) is 11.3 Å². The van der Waals surface area contributed by atoms with E-state index in [-0.39, 0.29) is 12.1 Å². The van der Waals surface area contributed by atoms with Crippen LogP contribution in [0.25, 0.3) is 0 Å². The first-order valence-electron chi connectivity index (χ1n) is 8.90. The van der Waals surface area contributed by atoms with Crippen LogP contribution in [0.3, 0.4) is 0 Å². The Morgan fingerprint density at radius 3 is 2.75 bits per heavy atom. The molecule has 1 fully saturated rings. The van der Waals surface area contributed by atoms with Gasteiger partial charge in [-0.15, -0.1) is 0 Å². The first-order chi connectivity index (χ1) is 13.3. The summed E-state index contributed by atoms with van der Waals surface area (Å²) in [6.07, 6.45) is 3.89. The number of rotatable bonds is 6. The van der Waals surface area contributed by atoms with Crippen molar-refractivity contribution in [2.45, 2.75) is 31.9 Å². The molecule has 8 nitrogen and oxygen atoms in total. The highest BCUT2D eigenvalue weighted by Gasteiger charge is 2.33. The Balaban J connectivity index is 1.86. The maximum Gasteiger partial charge on any atom is 0.264 e. The smallest absolute Gasteiger partial charge is 0.264 e. The molecule has 0 spiro atoms. The summed E-state index contributed by atoms with van der Waals surface area (Å²) < 4.78 is 2.21. The average Bonchev–Trinajstić information content (AvgIpc) is 2.68. The van der Waals surface area contributed by atoms with Crippen LogP contribution in [0.1, 0.15) is 24.0 Å². The average molecular weight is 448 g/mol. The summed E-state index contributed by atoms with van der Waals surface area (Å²) >= 11 is 3.42.